The molecule has 0 aromatic carbocycles. The molecule has 0 rings (SSSR count). The summed E-state index contributed by atoms with van der Waals surface area (Å²) >= 11 is 0. The van der Waals surface area contributed by atoms with Crippen LogP contribution in [0.25, 0.3) is 0 Å². The molecule has 0 radical (unpaired) electrons. The van der Waals surface area contributed by atoms with Gasteiger partial charge in [0.15, 0.2) is 0 Å². The maximum atomic E-state index is 2.35. The van der Waals surface area contributed by atoms with E-state index in [9.17, 15) is 0 Å². The van der Waals surface area contributed by atoms with Gasteiger partial charge >= 0.3 is 0 Å². The van der Waals surface area contributed by atoms with E-state index in [1.807, 2.05) is 0 Å². The van der Waals surface area contributed by atoms with Gasteiger partial charge in [0.05, 0.1) is 0 Å². The van der Waals surface area contributed by atoms with Crippen LogP contribution in [0.3, 0.4) is 0 Å². The second-order valence-corrected chi connectivity index (χ2v) is 3.84. The molecule has 62 valence electrons. The van der Waals surface area contributed by atoms with Crippen molar-refractivity contribution in [3.05, 3.63) is 0 Å². The van der Waals surface area contributed by atoms with E-state index in [2.05, 4.69) is 27.7 Å². The third-order valence-corrected chi connectivity index (χ3v) is 2.18. The lowest BCUT2D eigenvalue weighted by Crippen LogP contribution is -1.94. The lowest BCUT2D eigenvalue weighted by Gasteiger charge is -2.08. The van der Waals surface area contributed by atoms with Gasteiger partial charge in [0.1, 0.15) is 0 Å². The number of hydrogen-bond acceptors (Lipinski definition) is 0. The van der Waals surface area contributed by atoms with E-state index >= 15 is 0 Å². The fourth-order valence-corrected chi connectivity index (χ4v) is 1.08. The molecular formula is C10H22. The fraction of sp³-hybridized carbons (Fsp3) is 1.00. The van der Waals surface area contributed by atoms with Crippen molar-refractivity contribution < 1.29 is 0 Å². The van der Waals surface area contributed by atoms with Crippen molar-refractivity contribution in [3.63, 3.8) is 0 Å². The van der Waals surface area contributed by atoms with Crippen LogP contribution in [0.4, 0.5) is 0 Å². The monoisotopic (exact) mass is 142 g/mol. The van der Waals surface area contributed by atoms with Crippen LogP contribution in [0.5, 0.6) is 0 Å². The standard InChI is InChI=1S/C10H22/c1-5-10(4)8-6-7-9(2)3/h9-10H,5-8H2,1-4H3/t10-/m0/s1. The average molecular weight is 142 g/mol. The van der Waals surface area contributed by atoms with Crippen LogP contribution < -0.4 is 0 Å². The molecule has 0 unspecified atom stereocenters. The summed E-state index contributed by atoms with van der Waals surface area (Å²) in [6.07, 6.45) is 5.60. The molecule has 0 aromatic rings. The van der Waals surface area contributed by atoms with E-state index in [1.54, 1.807) is 0 Å². The van der Waals surface area contributed by atoms with Crippen LogP contribution >= 0.6 is 0 Å². The minimum atomic E-state index is 0.893. The summed E-state index contributed by atoms with van der Waals surface area (Å²) in [6, 6.07) is 0. The fourth-order valence-electron chi connectivity index (χ4n) is 1.08. The summed E-state index contributed by atoms with van der Waals surface area (Å²) in [5.41, 5.74) is 0. The summed E-state index contributed by atoms with van der Waals surface area (Å²) in [7, 11) is 0. The normalized spacial score (nSPS) is 14.1. The smallest absolute Gasteiger partial charge is 0.0445 e. The molecule has 0 saturated carbocycles. The van der Waals surface area contributed by atoms with Crippen molar-refractivity contribution in [1.29, 1.82) is 0 Å². The minimum absolute atomic E-state index is 0.893. The van der Waals surface area contributed by atoms with Crippen LogP contribution in [-0.2, 0) is 0 Å². The first kappa shape index (κ1) is 10.0. The molecule has 0 N–H and O–H groups in total. The molecule has 0 spiro atoms. The Kier molecular flexibility index (Phi) is 5.76. The highest BCUT2D eigenvalue weighted by Crippen LogP contribution is 2.14. The van der Waals surface area contributed by atoms with Gasteiger partial charge in [-0.15, -0.1) is 0 Å². The van der Waals surface area contributed by atoms with Crippen molar-refractivity contribution in [2.75, 3.05) is 0 Å². The first-order valence-corrected chi connectivity index (χ1v) is 4.66. The second-order valence-electron chi connectivity index (χ2n) is 3.84. The van der Waals surface area contributed by atoms with E-state index < -0.39 is 0 Å². The van der Waals surface area contributed by atoms with E-state index in [4.69, 9.17) is 0 Å². The summed E-state index contributed by atoms with van der Waals surface area (Å²) in [5, 5.41) is 0. The van der Waals surface area contributed by atoms with Gasteiger partial charge in [-0.1, -0.05) is 53.4 Å². The molecule has 1 atom stereocenters. The third-order valence-electron chi connectivity index (χ3n) is 2.18. The maximum absolute atomic E-state index is 2.35. The van der Waals surface area contributed by atoms with Gasteiger partial charge < -0.3 is 0 Å². The van der Waals surface area contributed by atoms with Crippen LogP contribution in [0.15, 0.2) is 0 Å². The van der Waals surface area contributed by atoms with Gasteiger partial charge in [-0.25, -0.2) is 0 Å². The molecule has 0 amide bonds. The van der Waals surface area contributed by atoms with Crippen molar-refractivity contribution in [2.24, 2.45) is 11.8 Å². The van der Waals surface area contributed by atoms with Gasteiger partial charge in [0.2, 0.25) is 0 Å². The molecule has 0 fully saturated rings. The zero-order valence-corrected chi connectivity index (χ0v) is 7.98. The predicted octanol–water partition coefficient (Wildman–Crippen LogP) is 3.86. The Balaban J connectivity index is 3.03. The lowest BCUT2D eigenvalue weighted by atomic mass is 9.98. The molecule has 10 heavy (non-hydrogen) atoms. The largest absolute Gasteiger partial charge is 0.0651 e. The minimum Gasteiger partial charge on any atom is -0.0651 e. The lowest BCUT2D eigenvalue weighted by molar-refractivity contribution is 0.449. The first-order valence-electron chi connectivity index (χ1n) is 4.66. The van der Waals surface area contributed by atoms with Crippen LogP contribution in [0.1, 0.15) is 53.4 Å². The van der Waals surface area contributed by atoms with E-state index in [-0.39, 0.29) is 0 Å². The van der Waals surface area contributed by atoms with Gasteiger partial charge in [0, 0.05) is 0 Å². The highest BCUT2D eigenvalue weighted by Gasteiger charge is 1.99. The second kappa shape index (κ2) is 5.76. The quantitative estimate of drug-likeness (QED) is 0.547. The van der Waals surface area contributed by atoms with E-state index in [0.29, 0.717) is 0 Å². The van der Waals surface area contributed by atoms with Crippen molar-refractivity contribution in [1.82, 2.24) is 0 Å². The molecule has 0 heteroatoms. The summed E-state index contributed by atoms with van der Waals surface area (Å²) in [6.45, 7) is 9.23. The Labute approximate surface area is 66.0 Å². The Morgan fingerprint density at radius 2 is 1.60 bits per heavy atom. The van der Waals surface area contributed by atoms with Gasteiger partial charge in [0.25, 0.3) is 0 Å². The molecule has 0 saturated heterocycles. The molecule has 0 aliphatic heterocycles. The Morgan fingerprint density at radius 3 is 2.00 bits per heavy atom. The predicted molar refractivity (Wildman–Crippen MR) is 48.1 cm³/mol. The van der Waals surface area contributed by atoms with Crippen LogP contribution in [0, 0.1) is 11.8 Å². The number of hydrogen-bond donors (Lipinski definition) is 0. The molecular weight excluding hydrogens is 120 g/mol. The summed E-state index contributed by atoms with van der Waals surface area (Å²) < 4.78 is 0. The number of rotatable bonds is 5. The van der Waals surface area contributed by atoms with Gasteiger partial charge in [-0.3, -0.25) is 0 Å². The molecule has 0 aliphatic rings. The zero-order valence-electron chi connectivity index (χ0n) is 7.98. The summed E-state index contributed by atoms with van der Waals surface area (Å²) in [4.78, 5) is 0. The Hall–Kier alpha value is 0. The molecule has 0 aliphatic carbocycles. The molecule has 0 heterocycles. The van der Waals surface area contributed by atoms with E-state index in [1.165, 1.54) is 25.7 Å². The third kappa shape index (κ3) is 6.12. The van der Waals surface area contributed by atoms with Crippen molar-refractivity contribution in [2.45, 2.75) is 53.4 Å². The van der Waals surface area contributed by atoms with Crippen LogP contribution in [0.2, 0.25) is 0 Å². The average Bonchev–Trinajstić information content (AvgIpc) is 1.87. The van der Waals surface area contributed by atoms with Crippen molar-refractivity contribution in [3.8, 4) is 0 Å². The highest BCUT2D eigenvalue weighted by atomic mass is 14.0. The topological polar surface area (TPSA) is 0 Å². The van der Waals surface area contributed by atoms with Gasteiger partial charge in [-0.2, -0.15) is 0 Å². The van der Waals surface area contributed by atoms with E-state index in [0.717, 1.165) is 11.8 Å². The van der Waals surface area contributed by atoms with Gasteiger partial charge in [-0.05, 0) is 11.8 Å². The molecule has 0 bridgehead atoms. The Bertz CT molecular complexity index is 64.4. The Morgan fingerprint density at radius 1 is 1.00 bits per heavy atom. The zero-order chi connectivity index (χ0) is 7.98. The molecule has 0 nitrogen and oxygen atoms in total. The van der Waals surface area contributed by atoms with Crippen molar-refractivity contribution >= 4 is 0 Å². The molecule has 0 aromatic heterocycles. The highest BCUT2D eigenvalue weighted by molar-refractivity contribution is 4.52. The summed E-state index contributed by atoms with van der Waals surface area (Å²) in [5.74, 6) is 1.84. The maximum Gasteiger partial charge on any atom is -0.0445 e. The SMILES string of the molecule is CC[C@H](C)CCCC(C)C. The first-order chi connectivity index (χ1) is 4.66. The van der Waals surface area contributed by atoms with Crippen LogP contribution in [-0.4, -0.2) is 0 Å².